The Balaban J connectivity index is 1.59. The molecule has 6 nitrogen and oxygen atoms in total. The van der Waals surface area contributed by atoms with E-state index in [1.807, 2.05) is 0 Å². The average Bonchev–Trinajstić information content (AvgIpc) is 3.13. The molecule has 9 heteroatoms. The molecule has 1 saturated carbocycles. The fourth-order valence-electron chi connectivity index (χ4n) is 3.46. The SMILES string of the molecule is O=C(NC1CCCCC1)[C@H]1CC(=O)N(c2cnn(CC(F)(F)F)c2)C1. The van der Waals surface area contributed by atoms with Gasteiger partial charge < -0.3 is 10.2 Å². The molecule has 2 aliphatic rings. The van der Waals surface area contributed by atoms with Crippen molar-refractivity contribution in [2.24, 2.45) is 5.92 Å². The van der Waals surface area contributed by atoms with Crippen molar-refractivity contribution in [2.45, 2.75) is 57.3 Å². The number of hydrogen-bond acceptors (Lipinski definition) is 3. The number of hydrogen-bond donors (Lipinski definition) is 1. The van der Waals surface area contributed by atoms with Gasteiger partial charge in [-0.1, -0.05) is 19.3 Å². The first-order chi connectivity index (χ1) is 11.8. The maximum absolute atomic E-state index is 12.4. The molecule has 3 rings (SSSR count). The lowest BCUT2D eigenvalue weighted by atomic mass is 9.95. The number of aromatic nitrogens is 2. The standard InChI is InChI=1S/C16H21F3N4O2/c17-16(18,19)10-22-9-13(7-20-22)23-8-11(6-14(23)24)15(25)21-12-4-2-1-3-5-12/h7,9,11-12H,1-6,8,10H2,(H,21,25)/t11-/m0/s1. The molecule has 2 fully saturated rings. The van der Waals surface area contributed by atoms with E-state index in [1.54, 1.807) is 0 Å². The summed E-state index contributed by atoms with van der Waals surface area (Å²) in [6.45, 7) is -1.03. The number of anilines is 1. The summed E-state index contributed by atoms with van der Waals surface area (Å²) in [5.74, 6) is -0.888. The molecule has 0 unspecified atom stereocenters. The highest BCUT2D eigenvalue weighted by molar-refractivity contribution is 6.00. The van der Waals surface area contributed by atoms with E-state index in [0.717, 1.165) is 30.4 Å². The average molecular weight is 358 g/mol. The lowest BCUT2D eigenvalue weighted by Gasteiger charge is -2.24. The van der Waals surface area contributed by atoms with E-state index in [4.69, 9.17) is 0 Å². The number of carbonyl (C=O) groups excluding carboxylic acids is 2. The molecule has 1 saturated heterocycles. The van der Waals surface area contributed by atoms with Gasteiger partial charge in [-0.3, -0.25) is 14.3 Å². The van der Waals surface area contributed by atoms with Crippen molar-refractivity contribution in [3.05, 3.63) is 12.4 Å². The van der Waals surface area contributed by atoms with E-state index >= 15 is 0 Å². The van der Waals surface area contributed by atoms with Crippen LogP contribution in [0, 0.1) is 5.92 Å². The fraction of sp³-hybridized carbons (Fsp3) is 0.688. The zero-order valence-corrected chi connectivity index (χ0v) is 13.8. The van der Waals surface area contributed by atoms with Crippen LogP contribution in [0.5, 0.6) is 0 Å². The highest BCUT2D eigenvalue weighted by atomic mass is 19.4. The minimum atomic E-state index is -4.37. The molecule has 2 heterocycles. The van der Waals surface area contributed by atoms with Gasteiger partial charge in [0.15, 0.2) is 0 Å². The topological polar surface area (TPSA) is 67.2 Å². The smallest absolute Gasteiger partial charge is 0.353 e. The first kappa shape index (κ1) is 17.8. The van der Waals surface area contributed by atoms with Gasteiger partial charge in [0, 0.05) is 25.2 Å². The molecule has 138 valence electrons. The number of halogens is 3. The minimum Gasteiger partial charge on any atom is -0.353 e. The maximum atomic E-state index is 12.4. The second-order valence-corrected chi connectivity index (χ2v) is 6.76. The molecule has 0 aromatic carbocycles. The monoisotopic (exact) mass is 358 g/mol. The molecule has 1 aliphatic heterocycles. The van der Waals surface area contributed by atoms with Gasteiger partial charge >= 0.3 is 6.18 Å². The number of nitrogens with one attached hydrogen (secondary N) is 1. The quantitative estimate of drug-likeness (QED) is 0.898. The third-order valence-electron chi connectivity index (χ3n) is 4.72. The van der Waals surface area contributed by atoms with Crippen LogP contribution >= 0.6 is 0 Å². The van der Waals surface area contributed by atoms with Crippen molar-refractivity contribution >= 4 is 17.5 Å². The zero-order chi connectivity index (χ0) is 18.0. The van der Waals surface area contributed by atoms with Crippen LogP contribution in [0.3, 0.4) is 0 Å². The van der Waals surface area contributed by atoms with Gasteiger partial charge in [-0.05, 0) is 12.8 Å². The summed E-state index contributed by atoms with van der Waals surface area (Å²) >= 11 is 0. The Hall–Kier alpha value is -2.06. The number of carbonyl (C=O) groups is 2. The Morgan fingerprint density at radius 3 is 2.68 bits per heavy atom. The van der Waals surface area contributed by atoms with E-state index in [1.165, 1.54) is 23.7 Å². The second-order valence-electron chi connectivity index (χ2n) is 6.76. The third kappa shape index (κ3) is 4.52. The summed E-state index contributed by atoms with van der Waals surface area (Å²) in [5, 5.41) is 6.65. The molecule has 0 spiro atoms. The van der Waals surface area contributed by atoms with Crippen LogP contribution in [-0.4, -0.2) is 40.4 Å². The van der Waals surface area contributed by atoms with Gasteiger partial charge in [-0.15, -0.1) is 0 Å². The summed E-state index contributed by atoms with van der Waals surface area (Å²) in [6.07, 6.45) is 3.41. The number of rotatable bonds is 4. The van der Waals surface area contributed by atoms with Crippen molar-refractivity contribution < 1.29 is 22.8 Å². The molecule has 1 aromatic rings. The predicted molar refractivity (Wildman–Crippen MR) is 83.8 cm³/mol. The molecule has 1 aliphatic carbocycles. The lowest BCUT2D eigenvalue weighted by molar-refractivity contribution is -0.142. The van der Waals surface area contributed by atoms with Crippen LogP contribution in [0.2, 0.25) is 0 Å². The number of nitrogens with zero attached hydrogens (tertiary/aromatic N) is 3. The molecule has 25 heavy (non-hydrogen) atoms. The van der Waals surface area contributed by atoms with E-state index in [0.29, 0.717) is 5.69 Å². The molecule has 2 amide bonds. The van der Waals surface area contributed by atoms with Gasteiger partial charge in [0.1, 0.15) is 6.54 Å². The minimum absolute atomic E-state index is 0.0724. The predicted octanol–water partition coefficient (Wildman–Crippen LogP) is 2.25. The Kier molecular flexibility index (Phi) is 5.01. The van der Waals surface area contributed by atoms with Crippen LogP contribution in [-0.2, 0) is 16.1 Å². The van der Waals surface area contributed by atoms with Crippen molar-refractivity contribution in [2.75, 3.05) is 11.4 Å². The van der Waals surface area contributed by atoms with Gasteiger partial charge in [0.25, 0.3) is 0 Å². The van der Waals surface area contributed by atoms with Crippen LogP contribution in [0.1, 0.15) is 38.5 Å². The van der Waals surface area contributed by atoms with E-state index < -0.39 is 18.6 Å². The van der Waals surface area contributed by atoms with Crippen LogP contribution < -0.4 is 10.2 Å². The third-order valence-corrected chi connectivity index (χ3v) is 4.72. The van der Waals surface area contributed by atoms with Crippen molar-refractivity contribution in [1.29, 1.82) is 0 Å². The Morgan fingerprint density at radius 1 is 1.28 bits per heavy atom. The van der Waals surface area contributed by atoms with Crippen LogP contribution in [0.25, 0.3) is 0 Å². The molecule has 1 atom stereocenters. The largest absolute Gasteiger partial charge is 0.408 e. The van der Waals surface area contributed by atoms with E-state index in [9.17, 15) is 22.8 Å². The summed E-state index contributed by atoms with van der Waals surface area (Å²) in [5.41, 5.74) is 0.294. The summed E-state index contributed by atoms with van der Waals surface area (Å²) in [7, 11) is 0. The molecular weight excluding hydrogens is 337 g/mol. The Bertz CT molecular complexity index is 638. The second kappa shape index (κ2) is 7.05. The van der Waals surface area contributed by atoms with Crippen molar-refractivity contribution in [1.82, 2.24) is 15.1 Å². The van der Waals surface area contributed by atoms with Gasteiger partial charge in [-0.25, -0.2) is 0 Å². The first-order valence-corrected chi connectivity index (χ1v) is 8.52. The van der Waals surface area contributed by atoms with Gasteiger partial charge in [-0.2, -0.15) is 18.3 Å². The highest BCUT2D eigenvalue weighted by Gasteiger charge is 2.37. The molecule has 0 bridgehead atoms. The fourth-order valence-corrected chi connectivity index (χ4v) is 3.46. The molecule has 1 aromatic heterocycles. The molecule has 1 N–H and O–H groups in total. The van der Waals surface area contributed by atoms with Crippen LogP contribution in [0.15, 0.2) is 12.4 Å². The lowest BCUT2D eigenvalue weighted by Crippen LogP contribution is -2.40. The number of amides is 2. The highest BCUT2D eigenvalue weighted by Crippen LogP contribution is 2.27. The molecular formula is C16H21F3N4O2. The van der Waals surface area contributed by atoms with Gasteiger partial charge in [0.2, 0.25) is 11.8 Å². The summed E-state index contributed by atoms with van der Waals surface area (Å²) < 4.78 is 38.0. The van der Waals surface area contributed by atoms with Gasteiger partial charge in [0.05, 0.1) is 17.8 Å². The van der Waals surface area contributed by atoms with Crippen molar-refractivity contribution in [3.8, 4) is 0 Å². The van der Waals surface area contributed by atoms with Crippen LogP contribution in [0.4, 0.5) is 18.9 Å². The normalized spacial score (nSPS) is 22.4. The summed E-state index contributed by atoms with van der Waals surface area (Å²) in [4.78, 5) is 25.9. The van der Waals surface area contributed by atoms with E-state index in [-0.39, 0.29) is 30.8 Å². The maximum Gasteiger partial charge on any atom is 0.408 e. The number of alkyl halides is 3. The molecule has 0 radical (unpaired) electrons. The zero-order valence-electron chi connectivity index (χ0n) is 13.8. The van der Waals surface area contributed by atoms with E-state index in [2.05, 4.69) is 10.4 Å². The Labute approximate surface area is 143 Å². The van der Waals surface area contributed by atoms with Crippen molar-refractivity contribution in [3.63, 3.8) is 0 Å². The first-order valence-electron chi connectivity index (χ1n) is 8.52. The Morgan fingerprint density at radius 2 is 2.00 bits per heavy atom. The summed E-state index contributed by atoms with van der Waals surface area (Å²) in [6, 6.07) is 0.167.